The van der Waals surface area contributed by atoms with Gasteiger partial charge in [-0.05, 0) is 19.8 Å². The first kappa shape index (κ1) is 13.6. The van der Waals surface area contributed by atoms with Crippen LogP contribution in [0.15, 0.2) is 17.8 Å². The maximum absolute atomic E-state index is 12.9. The Bertz CT molecular complexity index is 576. The first-order chi connectivity index (χ1) is 9.63. The topological polar surface area (TPSA) is 34.0 Å². The molecule has 1 saturated carbocycles. The summed E-state index contributed by atoms with van der Waals surface area (Å²) >= 11 is 1.62. The number of rotatable bonds is 6. The minimum absolute atomic E-state index is 0.416. The lowest BCUT2D eigenvalue weighted by atomic mass is 10.3. The Morgan fingerprint density at radius 3 is 2.85 bits per heavy atom. The molecule has 20 heavy (non-hydrogen) atoms. The smallest absolute Gasteiger partial charge is 0.287 e. The average molecular weight is 298 g/mol. The molecule has 1 aliphatic carbocycles. The fourth-order valence-corrected chi connectivity index (χ4v) is 2.87. The molecular formula is C13H16F2N4S. The van der Waals surface area contributed by atoms with Crippen LogP contribution in [0.4, 0.5) is 8.78 Å². The summed E-state index contributed by atoms with van der Waals surface area (Å²) in [6, 6.07) is 0.472. The molecule has 0 unspecified atom stereocenters. The van der Waals surface area contributed by atoms with Gasteiger partial charge >= 0.3 is 6.55 Å². The zero-order chi connectivity index (χ0) is 14.1. The zero-order valence-electron chi connectivity index (χ0n) is 11.2. The SMILES string of the molecule is Cc1nc(CN(Cc2nccn2C(F)F)C2CC2)cs1. The number of aromatic nitrogens is 3. The van der Waals surface area contributed by atoms with Crippen molar-refractivity contribution in [3.63, 3.8) is 0 Å². The lowest BCUT2D eigenvalue weighted by Gasteiger charge is -2.21. The van der Waals surface area contributed by atoms with E-state index < -0.39 is 6.55 Å². The second kappa shape index (κ2) is 5.57. The van der Waals surface area contributed by atoms with Crippen molar-refractivity contribution in [3.05, 3.63) is 34.3 Å². The van der Waals surface area contributed by atoms with Crippen LogP contribution in [0.25, 0.3) is 0 Å². The van der Waals surface area contributed by atoms with E-state index in [0.29, 0.717) is 25.0 Å². The number of thiazole rings is 1. The van der Waals surface area contributed by atoms with Crippen molar-refractivity contribution in [2.75, 3.05) is 0 Å². The molecule has 0 bridgehead atoms. The van der Waals surface area contributed by atoms with E-state index in [9.17, 15) is 8.78 Å². The van der Waals surface area contributed by atoms with Crippen molar-refractivity contribution in [1.29, 1.82) is 0 Å². The summed E-state index contributed by atoms with van der Waals surface area (Å²) in [7, 11) is 0. The van der Waals surface area contributed by atoms with E-state index in [1.807, 2.05) is 12.3 Å². The molecule has 1 fully saturated rings. The summed E-state index contributed by atoms with van der Waals surface area (Å²) in [6.45, 7) is 0.582. The molecule has 2 aromatic rings. The van der Waals surface area contributed by atoms with E-state index in [2.05, 4.69) is 14.9 Å². The Balaban J connectivity index is 1.72. The molecule has 0 spiro atoms. The Hall–Kier alpha value is -1.34. The molecule has 2 aromatic heterocycles. The lowest BCUT2D eigenvalue weighted by molar-refractivity contribution is 0.0632. The van der Waals surface area contributed by atoms with Gasteiger partial charge in [-0.2, -0.15) is 8.78 Å². The highest BCUT2D eigenvalue weighted by atomic mass is 32.1. The van der Waals surface area contributed by atoms with Crippen LogP contribution >= 0.6 is 11.3 Å². The number of imidazole rings is 1. The quantitative estimate of drug-likeness (QED) is 0.821. The van der Waals surface area contributed by atoms with Gasteiger partial charge in [0.25, 0.3) is 0 Å². The molecule has 0 aromatic carbocycles. The highest BCUT2D eigenvalue weighted by Crippen LogP contribution is 2.30. The molecular weight excluding hydrogens is 282 g/mol. The van der Waals surface area contributed by atoms with E-state index in [4.69, 9.17) is 0 Å². The summed E-state index contributed by atoms with van der Waals surface area (Å²) in [5, 5.41) is 3.06. The molecule has 0 atom stereocenters. The van der Waals surface area contributed by atoms with Gasteiger partial charge in [0.1, 0.15) is 5.82 Å². The summed E-state index contributed by atoms with van der Waals surface area (Å²) in [5.74, 6) is 0.416. The van der Waals surface area contributed by atoms with Gasteiger partial charge in [-0.15, -0.1) is 11.3 Å². The molecule has 0 amide bonds. The first-order valence-electron chi connectivity index (χ1n) is 6.58. The van der Waals surface area contributed by atoms with Crippen LogP contribution in [0.3, 0.4) is 0 Å². The summed E-state index contributed by atoms with van der Waals surface area (Å²) in [6.07, 6.45) is 5.01. The predicted molar refractivity (Wildman–Crippen MR) is 72.6 cm³/mol. The van der Waals surface area contributed by atoms with Gasteiger partial charge in [0.05, 0.1) is 17.2 Å². The molecule has 108 valence electrons. The zero-order valence-corrected chi connectivity index (χ0v) is 12.0. The summed E-state index contributed by atoms with van der Waals surface area (Å²) < 4.78 is 26.6. The fourth-order valence-electron chi connectivity index (χ4n) is 2.27. The average Bonchev–Trinajstić information content (AvgIpc) is 3.01. The molecule has 7 heteroatoms. The van der Waals surface area contributed by atoms with Crippen LogP contribution in [-0.2, 0) is 13.1 Å². The fraction of sp³-hybridized carbons (Fsp3) is 0.538. The number of halogens is 2. The van der Waals surface area contributed by atoms with Crippen molar-refractivity contribution < 1.29 is 8.78 Å². The van der Waals surface area contributed by atoms with E-state index in [0.717, 1.165) is 28.1 Å². The Morgan fingerprint density at radius 1 is 1.45 bits per heavy atom. The number of alkyl halides is 2. The van der Waals surface area contributed by atoms with Gasteiger partial charge in [-0.3, -0.25) is 9.47 Å². The van der Waals surface area contributed by atoms with Crippen LogP contribution in [0, 0.1) is 6.92 Å². The largest absolute Gasteiger partial charge is 0.319 e. The minimum atomic E-state index is -2.53. The van der Waals surface area contributed by atoms with Gasteiger partial charge in [0.15, 0.2) is 0 Å². The monoisotopic (exact) mass is 298 g/mol. The number of hydrogen-bond acceptors (Lipinski definition) is 4. The van der Waals surface area contributed by atoms with E-state index >= 15 is 0 Å². The molecule has 3 rings (SSSR count). The maximum Gasteiger partial charge on any atom is 0.319 e. The lowest BCUT2D eigenvalue weighted by Crippen LogP contribution is -2.27. The second-order valence-corrected chi connectivity index (χ2v) is 6.08. The van der Waals surface area contributed by atoms with Gasteiger partial charge in [0, 0.05) is 30.4 Å². The van der Waals surface area contributed by atoms with Crippen LogP contribution in [-0.4, -0.2) is 25.5 Å². The highest BCUT2D eigenvalue weighted by Gasteiger charge is 2.30. The first-order valence-corrected chi connectivity index (χ1v) is 7.46. The minimum Gasteiger partial charge on any atom is -0.287 e. The van der Waals surface area contributed by atoms with Crippen molar-refractivity contribution in [3.8, 4) is 0 Å². The second-order valence-electron chi connectivity index (χ2n) is 5.02. The molecule has 0 aliphatic heterocycles. The van der Waals surface area contributed by atoms with Gasteiger partial charge in [-0.1, -0.05) is 0 Å². The number of aryl methyl sites for hydroxylation is 1. The van der Waals surface area contributed by atoms with Crippen LogP contribution in [0.2, 0.25) is 0 Å². The predicted octanol–water partition coefficient (Wildman–Crippen LogP) is 3.21. The molecule has 1 aliphatic rings. The third-order valence-corrected chi connectivity index (χ3v) is 4.22. The van der Waals surface area contributed by atoms with Crippen LogP contribution < -0.4 is 0 Å². The molecule has 0 saturated heterocycles. The molecule has 0 radical (unpaired) electrons. The normalized spacial score (nSPS) is 15.4. The summed E-state index contributed by atoms with van der Waals surface area (Å²) in [5.41, 5.74) is 1.01. The van der Waals surface area contributed by atoms with Gasteiger partial charge < -0.3 is 0 Å². The maximum atomic E-state index is 12.9. The van der Waals surface area contributed by atoms with Crippen molar-refractivity contribution in [2.24, 2.45) is 0 Å². The van der Waals surface area contributed by atoms with Crippen molar-refractivity contribution in [2.45, 2.75) is 45.4 Å². The number of nitrogens with zero attached hydrogens (tertiary/aromatic N) is 4. The molecule has 2 heterocycles. The summed E-state index contributed by atoms with van der Waals surface area (Å²) in [4.78, 5) is 10.7. The highest BCUT2D eigenvalue weighted by molar-refractivity contribution is 7.09. The van der Waals surface area contributed by atoms with E-state index in [-0.39, 0.29) is 0 Å². The van der Waals surface area contributed by atoms with Gasteiger partial charge in [0.2, 0.25) is 0 Å². The van der Waals surface area contributed by atoms with E-state index in [1.54, 1.807) is 11.3 Å². The van der Waals surface area contributed by atoms with Crippen molar-refractivity contribution in [1.82, 2.24) is 19.4 Å². The third-order valence-electron chi connectivity index (χ3n) is 3.40. The number of hydrogen-bond donors (Lipinski definition) is 0. The Kier molecular flexibility index (Phi) is 3.80. The third kappa shape index (κ3) is 3.04. The molecule has 0 N–H and O–H groups in total. The Morgan fingerprint density at radius 2 is 2.25 bits per heavy atom. The Labute approximate surface area is 120 Å². The standard InChI is InChI=1S/C13H16F2N4S/c1-9-17-10(8-20-9)6-18(11-2-3-11)7-12-16-4-5-19(12)13(14)15/h4-5,8,11,13H,2-3,6-7H2,1H3. The van der Waals surface area contributed by atoms with Crippen molar-refractivity contribution >= 4 is 11.3 Å². The van der Waals surface area contributed by atoms with Crippen LogP contribution in [0.5, 0.6) is 0 Å². The van der Waals surface area contributed by atoms with Crippen LogP contribution in [0.1, 0.15) is 35.9 Å². The molecule has 4 nitrogen and oxygen atoms in total. The van der Waals surface area contributed by atoms with Gasteiger partial charge in [-0.25, -0.2) is 9.97 Å². The van der Waals surface area contributed by atoms with E-state index in [1.165, 1.54) is 12.4 Å².